The highest BCUT2D eigenvalue weighted by atomic mass is 16.5. The second-order valence-electron chi connectivity index (χ2n) is 14.8. The van der Waals surface area contributed by atoms with Crippen LogP contribution in [0.15, 0.2) is 200 Å². The van der Waals surface area contributed by atoms with Crippen LogP contribution in [0.25, 0.3) is 67.3 Å². The van der Waals surface area contributed by atoms with Gasteiger partial charge in [-0.3, -0.25) is 0 Å². The van der Waals surface area contributed by atoms with Gasteiger partial charge in [0.05, 0.1) is 28.4 Å². The lowest BCUT2D eigenvalue weighted by atomic mass is 9.66. The summed E-state index contributed by atoms with van der Waals surface area (Å²) in [6.45, 7) is 0. The Bertz CT molecular complexity index is 3010. The summed E-state index contributed by atoms with van der Waals surface area (Å²) in [5.41, 5.74) is 15.9. The highest BCUT2D eigenvalue weighted by molar-refractivity contribution is 5.98. The van der Waals surface area contributed by atoms with E-state index in [1.165, 1.54) is 16.7 Å². The average Bonchev–Trinajstić information content (AvgIpc) is 3.59. The molecule has 8 aromatic carbocycles. The molecular weight excluding hydrogens is 707 g/mol. The number of aromatic nitrogens is 2. The van der Waals surface area contributed by atoms with Gasteiger partial charge in [0.25, 0.3) is 0 Å². The van der Waals surface area contributed by atoms with Crippen LogP contribution in [0.5, 0.6) is 11.5 Å². The van der Waals surface area contributed by atoms with Gasteiger partial charge in [-0.15, -0.1) is 0 Å². The van der Waals surface area contributed by atoms with Crippen LogP contribution in [-0.4, -0.2) is 9.97 Å². The van der Waals surface area contributed by atoms with E-state index in [0.29, 0.717) is 11.4 Å². The van der Waals surface area contributed by atoms with E-state index >= 15 is 0 Å². The molecule has 2 heterocycles. The minimum absolute atomic E-state index is 0.638. The van der Waals surface area contributed by atoms with Crippen molar-refractivity contribution in [1.82, 2.24) is 9.97 Å². The molecule has 0 unspecified atom stereocenters. The normalized spacial score (nSPS) is 12.7. The van der Waals surface area contributed by atoms with E-state index in [4.69, 9.17) is 14.7 Å². The first kappa shape index (κ1) is 33.5. The van der Waals surface area contributed by atoms with Crippen LogP contribution in [0.2, 0.25) is 0 Å². The molecule has 2 aliphatic rings. The highest BCUT2D eigenvalue weighted by Gasteiger charge is 2.51. The molecule has 0 N–H and O–H groups in total. The van der Waals surface area contributed by atoms with E-state index in [-0.39, 0.29) is 0 Å². The summed E-state index contributed by atoms with van der Waals surface area (Å²) in [5, 5.41) is 9.68. The van der Waals surface area contributed by atoms with Crippen molar-refractivity contribution in [3.8, 4) is 84.9 Å². The monoisotopic (exact) mass is 739 g/mol. The van der Waals surface area contributed by atoms with E-state index in [1.54, 1.807) is 0 Å². The number of hydrogen-bond acceptors (Lipinski definition) is 4. The number of benzene rings is 8. The third-order valence-electron chi connectivity index (χ3n) is 11.6. The van der Waals surface area contributed by atoms with Gasteiger partial charge in [0.2, 0.25) is 0 Å². The Hall–Kier alpha value is -7.87. The molecule has 58 heavy (non-hydrogen) atoms. The molecule has 1 aliphatic heterocycles. The average molecular weight is 740 g/mol. The number of rotatable bonds is 5. The molecule has 0 saturated carbocycles. The second-order valence-corrected chi connectivity index (χ2v) is 14.8. The zero-order valence-corrected chi connectivity index (χ0v) is 31.3. The van der Waals surface area contributed by atoms with E-state index in [1.807, 2.05) is 66.7 Å². The van der Waals surface area contributed by atoms with Crippen molar-refractivity contribution in [2.24, 2.45) is 0 Å². The van der Waals surface area contributed by atoms with Crippen LogP contribution in [-0.2, 0) is 5.41 Å². The largest absolute Gasteiger partial charge is 0.457 e. The lowest BCUT2D eigenvalue weighted by Gasteiger charge is -2.39. The first-order valence-electron chi connectivity index (χ1n) is 19.5. The van der Waals surface area contributed by atoms with Crippen molar-refractivity contribution < 1.29 is 4.74 Å². The molecule has 4 nitrogen and oxygen atoms in total. The maximum atomic E-state index is 9.68. The Morgan fingerprint density at radius 2 is 0.966 bits per heavy atom. The van der Waals surface area contributed by atoms with E-state index in [0.717, 1.165) is 78.5 Å². The third-order valence-corrected chi connectivity index (χ3v) is 11.6. The molecule has 1 spiro atoms. The topological polar surface area (TPSA) is 58.8 Å². The first-order chi connectivity index (χ1) is 28.7. The fraction of sp³-hybridized carbons (Fsp3) is 0.0185. The molecule has 1 aliphatic carbocycles. The quantitative estimate of drug-likeness (QED) is 0.176. The fourth-order valence-corrected chi connectivity index (χ4v) is 9.06. The molecule has 0 amide bonds. The number of fused-ring (bicyclic) bond motifs is 9. The molecule has 11 rings (SSSR count). The summed E-state index contributed by atoms with van der Waals surface area (Å²) in [6, 6.07) is 71.9. The molecule has 0 fully saturated rings. The highest BCUT2D eigenvalue weighted by Crippen LogP contribution is 2.63. The van der Waals surface area contributed by atoms with Gasteiger partial charge in [0.1, 0.15) is 11.5 Å². The predicted octanol–water partition coefficient (Wildman–Crippen LogP) is 13.2. The Balaban J connectivity index is 1.19. The lowest BCUT2D eigenvalue weighted by molar-refractivity contribution is 0.436. The van der Waals surface area contributed by atoms with E-state index in [9.17, 15) is 5.26 Å². The molecule has 0 bridgehead atoms. The number of hydrogen-bond donors (Lipinski definition) is 0. The van der Waals surface area contributed by atoms with Crippen LogP contribution >= 0.6 is 0 Å². The molecule has 9 aromatic rings. The van der Waals surface area contributed by atoms with Crippen LogP contribution in [0.1, 0.15) is 27.8 Å². The molecule has 1 aromatic heterocycles. The van der Waals surface area contributed by atoms with Gasteiger partial charge in [-0.1, -0.05) is 158 Å². The van der Waals surface area contributed by atoms with Crippen LogP contribution in [0.3, 0.4) is 0 Å². The summed E-state index contributed by atoms with van der Waals surface area (Å²) in [6.07, 6.45) is 0. The van der Waals surface area contributed by atoms with Crippen molar-refractivity contribution in [2.45, 2.75) is 5.41 Å². The van der Waals surface area contributed by atoms with Crippen molar-refractivity contribution in [3.05, 3.63) is 228 Å². The van der Waals surface area contributed by atoms with Crippen molar-refractivity contribution in [1.29, 1.82) is 5.26 Å². The van der Waals surface area contributed by atoms with Gasteiger partial charge in [-0.2, -0.15) is 5.26 Å². The zero-order valence-electron chi connectivity index (χ0n) is 31.3. The number of ether oxygens (including phenoxy) is 1. The maximum absolute atomic E-state index is 9.68. The van der Waals surface area contributed by atoms with E-state index in [2.05, 4.69) is 140 Å². The summed E-state index contributed by atoms with van der Waals surface area (Å²) in [5.74, 6) is 2.38. The second kappa shape index (κ2) is 13.4. The Morgan fingerprint density at radius 1 is 0.397 bits per heavy atom. The standard InChI is InChI=1S/C54H33N3O/c55-34-35-14-11-19-38(30-35)39-20-12-21-40(31-39)42-22-13-25-47-52(42)43-32-41(49-33-48(36-15-3-1-4-16-36)56-53(57-49)37-17-5-2-6-18-37)28-29-44(43)54(47)45-23-7-9-26-50(45)58-51-27-10-8-24-46(51)54/h1-33H. The van der Waals surface area contributed by atoms with Gasteiger partial charge in [-0.25, -0.2) is 9.97 Å². The van der Waals surface area contributed by atoms with Gasteiger partial charge in [0.15, 0.2) is 5.82 Å². The first-order valence-corrected chi connectivity index (χ1v) is 19.5. The predicted molar refractivity (Wildman–Crippen MR) is 231 cm³/mol. The number of nitrogens with zero attached hydrogens (tertiary/aromatic N) is 3. The SMILES string of the molecule is N#Cc1cccc(-c2cccc(-c3cccc4c3-c3cc(-c5cc(-c6ccccc6)nc(-c6ccccc6)n5)ccc3C43c4ccccc4Oc4ccccc43)c2)c1. The van der Waals surface area contributed by atoms with Gasteiger partial charge in [-0.05, 0) is 87.0 Å². The van der Waals surface area contributed by atoms with Crippen molar-refractivity contribution in [2.75, 3.05) is 0 Å². The maximum Gasteiger partial charge on any atom is 0.160 e. The number of para-hydroxylation sites is 2. The molecule has 4 heteroatoms. The van der Waals surface area contributed by atoms with Crippen LogP contribution in [0, 0.1) is 11.3 Å². The molecule has 0 saturated heterocycles. The van der Waals surface area contributed by atoms with Crippen LogP contribution < -0.4 is 4.74 Å². The van der Waals surface area contributed by atoms with Gasteiger partial charge >= 0.3 is 0 Å². The number of nitriles is 1. The smallest absolute Gasteiger partial charge is 0.160 e. The molecule has 0 atom stereocenters. The van der Waals surface area contributed by atoms with Crippen LogP contribution in [0.4, 0.5) is 0 Å². The van der Waals surface area contributed by atoms with Gasteiger partial charge < -0.3 is 4.74 Å². The summed E-state index contributed by atoms with van der Waals surface area (Å²) in [7, 11) is 0. The fourth-order valence-electron chi connectivity index (χ4n) is 9.06. The van der Waals surface area contributed by atoms with Gasteiger partial charge in [0, 0.05) is 27.8 Å². The third kappa shape index (κ3) is 5.22. The summed E-state index contributed by atoms with van der Waals surface area (Å²) >= 11 is 0. The molecular formula is C54H33N3O. The Morgan fingerprint density at radius 3 is 1.69 bits per heavy atom. The lowest BCUT2D eigenvalue weighted by Crippen LogP contribution is -2.32. The molecule has 0 radical (unpaired) electrons. The molecule has 270 valence electrons. The summed E-state index contributed by atoms with van der Waals surface area (Å²) in [4.78, 5) is 10.3. The minimum atomic E-state index is -0.639. The van der Waals surface area contributed by atoms with Crippen molar-refractivity contribution >= 4 is 0 Å². The Labute approximate surface area is 337 Å². The Kier molecular flexibility index (Phi) is 7.74. The van der Waals surface area contributed by atoms with E-state index < -0.39 is 5.41 Å². The summed E-state index contributed by atoms with van der Waals surface area (Å²) < 4.78 is 6.66. The zero-order chi connectivity index (χ0) is 38.6. The van der Waals surface area contributed by atoms with Crippen molar-refractivity contribution in [3.63, 3.8) is 0 Å². The minimum Gasteiger partial charge on any atom is -0.457 e.